The van der Waals surface area contributed by atoms with Crippen molar-refractivity contribution in [1.29, 1.82) is 0 Å². The van der Waals surface area contributed by atoms with E-state index in [0.29, 0.717) is 33.8 Å². The van der Waals surface area contributed by atoms with Crippen molar-refractivity contribution in [3.63, 3.8) is 0 Å². The molecule has 0 bridgehead atoms. The summed E-state index contributed by atoms with van der Waals surface area (Å²) in [6, 6.07) is 5.18. The Bertz CT molecular complexity index is 1250. The lowest BCUT2D eigenvalue weighted by Crippen LogP contribution is -2.14. The van der Waals surface area contributed by atoms with Crippen molar-refractivity contribution in [3.8, 4) is 23.0 Å². The van der Waals surface area contributed by atoms with Crippen LogP contribution in [-0.4, -0.2) is 35.3 Å². The minimum absolute atomic E-state index is 0.114. The number of fused-ring (bicyclic) bond motifs is 1. The van der Waals surface area contributed by atoms with Crippen LogP contribution in [0.5, 0.6) is 5.75 Å². The van der Waals surface area contributed by atoms with Crippen LogP contribution in [-0.2, 0) is 7.05 Å². The van der Waals surface area contributed by atoms with Gasteiger partial charge in [0.25, 0.3) is 5.91 Å². The largest absolute Gasteiger partial charge is 0.508 e. The van der Waals surface area contributed by atoms with E-state index >= 15 is 0 Å². The number of benzene rings is 1. The maximum atomic E-state index is 12.1. The fourth-order valence-electron chi connectivity index (χ4n) is 3.45. The second-order valence-electron chi connectivity index (χ2n) is 6.61. The Morgan fingerprint density at radius 3 is 2.61 bits per heavy atom. The van der Waals surface area contributed by atoms with Crippen LogP contribution in [0.25, 0.3) is 28.2 Å². The molecule has 0 saturated carbocycles. The molecule has 0 spiro atoms. The Kier molecular flexibility index (Phi) is 3.81. The lowest BCUT2D eigenvalue weighted by molar-refractivity contribution is 0.100. The molecule has 1 amide bonds. The standard InChI is InChI=1S/C19H19N7O2/c1-9-4-5-13(27)10(2)15(9)26-16(20)14(17(21)28)11-8-22-18(24-19(11)26)12-6-7-23-25(12)3/h4-8,27H,20H2,1-3H3,(H2,21,28). The van der Waals surface area contributed by atoms with E-state index in [9.17, 15) is 9.90 Å². The molecule has 0 radical (unpaired) electrons. The number of rotatable bonds is 3. The van der Waals surface area contributed by atoms with Crippen LogP contribution < -0.4 is 11.5 Å². The Morgan fingerprint density at radius 1 is 1.21 bits per heavy atom. The van der Waals surface area contributed by atoms with E-state index in [0.717, 1.165) is 5.56 Å². The first-order valence-corrected chi connectivity index (χ1v) is 8.56. The van der Waals surface area contributed by atoms with Crippen LogP contribution in [0.1, 0.15) is 21.5 Å². The van der Waals surface area contributed by atoms with Crippen molar-refractivity contribution in [2.24, 2.45) is 12.8 Å². The molecule has 28 heavy (non-hydrogen) atoms. The molecule has 4 aromatic rings. The number of amides is 1. The molecular formula is C19H19N7O2. The van der Waals surface area contributed by atoms with E-state index in [-0.39, 0.29) is 17.1 Å². The van der Waals surface area contributed by atoms with E-state index in [4.69, 9.17) is 11.5 Å². The average molecular weight is 377 g/mol. The number of primary amides is 1. The highest BCUT2D eigenvalue weighted by Crippen LogP contribution is 2.35. The first-order chi connectivity index (χ1) is 13.3. The fourth-order valence-corrected chi connectivity index (χ4v) is 3.45. The van der Waals surface area contributed by atoms with Gasteiger partial charge in [-0.25, -0.2) is 9.97 Å². The van der Waals surface area contributed by atoms with Crippen molar-refractivity contribution in [1.82, 2.24) is 24.3 Å². The summed E-state index contributed by atoms with van der Waals surface area (Å²) in [5.41, 5.74) is 15.3. The van der Waals surface area contributed by atoms with Gasteiger partial charge in [0, 0.05) is 25.0 Å². The van der Waals surface area contributed by atoms with Gasteiger partial charge >= 0.3 is 0 Å². The molecule has 0 aliphatic heterocycles. The summed E-state index contributed by atoms with van der Waals surface area (Å²) in [7, 11) is 1.79. The van der Waals surface area contributed by atoms with Gasteiger partial charge in [-0.1, -0.05) is 6.07 Å². The zero-order chi connectivity index (χ0) is 20.2. The predicted molar refractivity (Wildman–Crippen MR) is 105 cm³/mol. The van der Waals surface area contributed by atoms with Crippen molar-refractivity contribution in [2.75, 3.05) is 5.73 Å². The number of aromatic hydroxyl groups is 1. The van der Waals surface area contributed by atoms with E-state index in [2.05, 4.69) is 15.1 Å². The average Bonchev–Trinajstić information content (AvgIpc) is 3.19. The van der Waals surface area contributed by atoms with Crippen LogP contribution in [0, 0.1) is 13.8 Å². The summed E-state index contributed by atoms with van der Waals surface area (Å²) >= 11 is 0. The van der Waals surface area contributed by atoms with Gasteiger partial charge in [0.05, 0.1) is 16.6 Å². The molecule has 0 saturated heterocycles. The monoisotopic (exact) mass is 377 g/mol. The van der Waals surface area contributed by atoms with Gasteiger partial charge in [0.2, 0.25) is 0 Å². The third-order valence-corrected chi connectivity index (χ3v) is 4.87. The quantitative estimate of drug-likeness (QED) is 0.498. The molecule has 3 aromatic heterocycles. The summed E-state index contributed by atoms with van der Waals surface area (Å²) in [5, 5.41) is 14.8. The second kappa shape index (κ2) is 6.08. The van der Waals surface area contributed by atoms with Gasteiger partial charge in [-0.3, -0.25) is 14.0 Å². The number of hydrogen-bond acceptors (Lipinski definition) is 6. The third kappa shape index (κ3) is 2.40. The molecule has 0 aliphatic rings. The van der Waals surface area contributed by atoms with Crippen molar-refractivity contribution >= 4 is 22.8 Å². The molecule has 0 fully saturated rings. The van der Waals surface area contributed by atoms with Crippen molar-refractivity contribution < 1.29 is 9.90 Å². The van der Waals surface area contributed by atoms with Gasteiger partial charge in [-0.05, 0) is 31.5 Å². The minimum atomic E-state index is -0.673. The topological polar surface area (TPSA) is 138 Å². The molecule has 9 heteroatoms. The lowest BCUT2D eigenvalue weighted by Gasteiger charge is -2.15. The number of aromatic nitrogens is 5. The zero-order valence-electron chi connectivity index (χ0n) is 15.6. The number of aryl methyl sites for hydroxylation is 2. The summed E-state index contributed by atoms with van der Waals surface area (Å²) in [5.74, 6) is 0.0190. The smallest absolute Gasteiger partial charge is 0.253 e. The van der Waals surface area contributed by atoms with Crippen LogP contribution >= 0.6 is 0 Å². The molecular weight excluding hydrogens is 358 g/mol. The van der Waals surface area contributed by atoms with E-state index < -0.39 is 5.91 Å². The number of carbonyl (C=O) groups excluding carboxylic acids is 1. The minimum Gasteiger partial charge on any atom is -0.508 e. The van der Waals surface area contributed by atoms with Crippen molar-refractivity contribution in [2.45, 2.75) is 13.8 Å². The van der Waals surface area contributed by atoms with Gasteiger partial charge in [0.1, 0.15) is 17.3 Å². The van der Waals surface area contributed by atoms with Crippen LogP contribution in [0.15, 0.2) is 30.6 Å². The lowest BCUT2D eigenvalue weighted by atomic mass is 10.1. The van der Waals surface area contributed by atoms with Gasteiger partial charge in [-0.15, -0.1) is 0 Å². The van der Waals surface area contributed by atoms with E-state index in [1.54, 1.807) is 47.6 Å². The number of nitrogens with zero attached hydrogens (tertiary/aromatic N) is 5. The predicted octanol–water partition coefficient (Wildman–Crippen LogP) is 1.82. The maximum absolute atomic E-state index is 12.1. The number of anilines is 1. The third-order valence-electron chi connectivity index (χ3n) is 4.87. The number of nitrogens with two attached hydrogens (primary N) is 2. The summed E-state index contributed by atoms with van der Waals surface area (Å²) < 4.78 is 3.29. The molecule has 3 heterocycles. The van der Waals surface area contributed by atoms with E-state index in [1.807, 2.05) is 6.92 Å². The number of hydrogen-bond donors (Lipinski definition) is 3. The fraction of sp³-hybridized carbons (Fsp3) is 0.158. The highest BCUT2D eigenvalue weighted by Gasteiger charge is 2.24. The van der Waals surface area contributed by atoms with E-state index in [1.165, 1.54) is 6.20 Å². The first kappa shape index (κ1) is 17.5. The van der Waals surface area contributed by atoms with Crippen molar-refractivity contribution in [3.05, 3.63) is 47.3 Å². The maximum Gasteiger partial charge on any atom is 0.253 e. The Hall–Kier alpha value is -3.88. The highest BCUT2D eigenvalue weighted by molar-refractivity contribution is 6.11. The second-order valence-corrected chi connectivity index (χ2v) is 6.61. The normalized spacial score (nSPS) is 11.2. The van der Waals surface area contributed by atoms with Gasteiger partial charge in [-0.2, -0.15) is 5.10 Å². The number of phenolic OH excluding ortho intramolecular Hbond substituents is 1. The van der Waals surface area contributed by atoms with Gasteiger partial charge < -0.3 is 16.6 Å². The first-order valence-electron chi connectivity index (χ1n) is 8.56. The summed E-state index contributed by atoms with van der Waals surface area (Å²) in [4.78, 5) is 21.1. The number of carbonyl (C=O) groups is 1. The van der Waals surface area contributed by atoms with Crippen LogP contribution in [0.3, 0.4) is 0 Å². The summed E-state index contributed by atoms with van der Waals surface area (Å²) in [6.07, 6.45) is 3.18. The number of phenols is 1. The van der Waals surface area contributed by atoms with Crippen LogP contribution in [0.4, 0.5) is 5.82 Å². The van der Waals surface area contributed by atoms with Gasteiger partial charge in [0.15, 0.2) is 11.5 Å². The van der Waals surface area contributed by atoms with Crippen LogP contribution in [0.2, 0.25) is 0 Å². The zero-order valence-corrected chi connectivity index (χ0v) is 15.6. The molecule has 1 aromatic carbocycles. The molecule has 5 N–H and O–H groups in total. The highest BCUT2D eigenvalue weighted by atomic mass is 16.3. The molecule has 4 rings (SSSR count). The molecule has 9 nitrogen and oxygen atoms in total. The Morgan fingerprint density at radius 2 is 1.96 bits per heavy atom. The molecule has 0 atom stereocenters. The Labute approximate surface area is 160 Å². The SMILES string of the molecule is Cc1ccc(O)c(C)c1-n1c(N)c(C(N)=O)c2cnc(-c3ccnn3C)nc21. The molecule has 0 aliphatic carbocycles. The Balaban J connectivity index is 2.14. The molecule has 0 unspecified atom stereocenters. The summed E-state index contributed by atoms with van der Waals surface area (Å²) in [6.45, 7) is 3.66. The number of nitrogen functional groups attached to an aromatic ring is 1. The molecule has 142 valence electrons.